The standard InChI is InChI=1S/C10H5F5O2/c11-8(6-4-2-1-3-5-6)7(9(16)17-15)10(12,13)14/h1-5H. The van der Waals surface area contributed by atoms with Crippen LogP contribution in [0.4, 0.5) is 22.1 Å². The van der Waals surface area contributed by atoms with Gasteiger partial charge >= 0.3 is 12.1 Å². The molecule has 0 bridgehead atoms. The van der Waals surface area contributed by atoms with Gasteiger partial charge in [0.25, 0.3) is 0 Å². The molecule has 0 aliphatic carbocycles. The van der Waals surface area contributed by atoms with Crippen LogP contribution in [0.1, 0.15) is 5.56 Å². The van der Waals surface area contributed by atoms with Gasteiger partial charge in [0.05, 0.1) is 0 Å². The Hall–Kier alpha value is -1.92. The van der Waals surface area contributed by atoms with Crippen molar-refractivity contribution in [1.29, 1.82) is 0 Å². The smallest absolute Gasteiger partial charge is 0.249 e. The molecule has 1 aromatic carbocycles. The predicted octanol–water partition coefficient (Wildman–Crippen LogP) is 3.36. The average Bonchev–Trinajstić information content (AvgIpc) is 2.28. The molecular formula is C10H5F5O2. The van der Waals surface area contributed by atoms with E-state index in [0.29, 0.717) is 0 Å². The predicted molar refractivity (Wildman–Crippen MR) is 47.7 cm³/mol. The third kappa shape index (κ3) is 3.02. The molecule has 0 radical (unpaired) electrons. The molecule has 17 heavy (non-hydrogen) atoms. The van der Waals surface area contributed by atoms with E-state index in [1.54, 1.807) is 0 Å². The minimum atomic E-state index is -5.34. The Bertz CT molecular complexity index is 436. The lowest BCUT2D eigenvalue weighted by Gasteiger charge is -2.09. The van der Waals surface area contributed by atoms with Gasteiger partial charge in [-0.2, -0.15) is 13.2 Å². The molecular weight excluding hydrogens is 247 g/mol. The highest BCUT2D eigenvalue weighted by molar-refractivity contribution is 5.97. The van der Waals surface area contributed by atoms with Crippen LogP contribution in [0.15, 0.2) is 35.9 Å². The van der Waals surface area contributed by atoms with E-state index in [0.717, 1.165) is 12.1 Å². The van der Waals surface area contributed by atoms with Crippen LogP contribution in [-0.4, -0.2) is 12.1 Å². The Morgan fingerprint density at radius 3 is 2.06 bits per heavy atom. The van der Waals surface area contributed by atoms with Crippen molar-refractivity contribution in [3.8, 4) is 0 Å². The number of carbonyl (C=O) groups is 1. The van der Waals surface area contributed by atoms with Gasteiger partial charge < -0.3 is 0 Å². The third-order valence-electron chi connectivity index (χ3n) is 1.80. The zero-order chi connectivity index (χ0) is 13.1. The summed E-state index contributed by atoms with van der Waals surface area (Å²) in [4.78, 5) is 13.0. The van der Waals surface area contributed by atoms with Crippen LogP contribution < -0.4 is 0 Å². The van der Waals surface area contributed by atoms with Gasteiger partial charge in [-0.25, -0.2) is 14.1 Å². The molecule has 0 amide bonds. The molecule has 1 rings (SSSR count). The van der Waals surface area contributed by atoms with Crippen molar-refractivity contribution in [2.45, 2.75) is 6.18 Å². The van der Waals surface area contributed by atoms with E-state index in [1.165, 1.54) is 18.2 Å². The van der Waals surface area contributed by atoms with Crippen LogP contribution in [0.5, 0.6) is 0 Å². The van der Waals surface area contributed by atoms with Gasteiger partial charge in [-0.3, -0.25) is 0 Å². The first-order valence-electron chi connectivity index (χ1n) is 4.23. The fourth-order valence-corrected chi connectivity index (χ4v) is 1.10. The highest BCUT2D eigenvalue weighted by atomic mass is 19.4. The molecule has 0 aliphatic rings. The molecule has 0 atom stereocenters. The maximum atomic E-state index is 13.4. The lowest BCUT2D eigenvalue weighted by atomic mass is 10.1. The molecule has 92 valence electrons. The Morgan fingerprint density at radius 1 is 1.12 bits per heavy atom. The Balaban J connectivity index is 3.35. The van der Waals surface area contributed by atoms with Gasteiger partial charge in [-0.05, 0) is 0 Å². The van der Waals surface area contributed by atoms with E-state index in [-0.39, 0.29) is 0 Å². The van der Waals surface area contributed by atoms with E-state index >= 15 is 0 Å². The number of hydrogen-bond donors (Lipinski definition) is 0. The van der Waals surface area contributed by atoms with Crippen molar-refractivity contribution < 1.29 is 31.8 Å². The summed E-state index contributed by atoms with van der Waals surface area (Å²) in [7, 11) is 0. The number of hydrogen-bond acceptors (Lipinski definition) is 2. The molecule has 0 saturated carbocycles. The Kier molecular flexibility index (Phi) is 3.82. The Morgan fingerprint density at radius 2 is 1.65 bits per heavy atom. The fraction of sp³-hybridized carbons (Fsp3) is 0.100. The maximum Gasteiger partial charge on any atom is 0.426 e. The van der Waals surface area contributed by atoms with Gasteiger partial charge in [0.15, 0.2) is 5.57 Å². The van der Waals surface area contributed by atoms with Crippen LogP contribution in [0, 0.1) is 0 Å². The normalized spacial score (nSPS) is 13.0. The van der Waals surface area contributed by atoms with E-state index in [2.05, 4.69) is 4.94 Å². The minimum absolute atomic E-state index is 0.495. The monoisotopic (exact) mass is 252 g/mol. The summed E-state index contributed by atoms with van der Waals surface area (Å²) in [5, 5.41) is 0. The van der Waals surface area contributed by atoms with Gasteiger partial charge in [0, 0.05) is 10.1 Å². The van der Waals surface area contributed by atoms with E-state index < -0.39 is 29.1 Å². The first-order valence-corrected chi connectivity index (χ1v) is 4.23. The van der Waals surface area contributed by atoms with Gasteiger partial charge in [-0.15, -0.1) is 0 Å². The molecule has 7 heteroatoms. The minimum Gasteiger partial charge on any atom is -0.249 e. The lowest BCUT2D eigenvalue weighted by Crippen LogP contribution is -2.21. The summed E-state index contributed by atoms with van der Waals surface area (Å²) >= 11 is 0. The first-order chi connectivity index (χ1) is 7.88. The first kappa shape index (κ1) is 13.1. The number of benzene rings is 1. The summed E-state index contributed by atoms with van der Waals surface area (Å²) in [6, 6.07) is 5.99. The number of alkyl halides is 3. The van der Waals surface area contributed by atoms with Crippen LogP contribution in [-0.2, 0) is 9.74 Å². The van der Waals surface area contributed by atoms with Gasteiger partial charge in [-0.1, -0.05) is 30.3 Å². The largest absolute Gasteiger partial charge is 0.426 e. The molecule has 0 unspecified atom stereocenters. The number of halogens is 5. The van der Waals surface area contributed by atoms with Gasteiger partial charge in [0.1, 0.15) is 5.83 Å². The quantitative estimate of drug-likeness (QED) is 0.596. The lowest BCUT2D eigenvalue weighted by molar-refractivity contribution is -0.186. The summed E-state index contributed by atoms with van der Waals surface area (Å²) in [6.07, 6.45) is -5.34. The third-order valence-corrected chi connectivity index (χ3v) is 1.80. The van der Waals surface area contributed by atoms with Crippen molar-refractivity contribution in [3.63, 3.8) is 0 Å². The molecule has 0 fully saturated rings. The highest BCUT2D eigenvalue weighted by Crippen LogP contribution is 2.34. The Labute approximate surface area is 92.2 Å². The SMILES string of the molecule is O=C(OF)C(=C(F)c1ccccc1)C(F)(F)F. The summed E-state index contributed by atoms with van der Waals surface area (Å²) in [5.74, 6) is -4.31. The van der Waals surface area contributed by atoms with Gasteiger partial charge in [0.2, 0.25) is 0 Å². The average molecular weight is 252 g/mol. The van der Waals surface area contributed by atoms with Crippen LogP contribution in [0.25, 0.3) is 5.83 Å². The number of carbonyl (C=O) groups excluding carboxylic acids is 1. The van der Waals surface area contributed by atoms with Crippen molar-refractivity contribution in [2.24, 2.45) is 0 Å². The summed E-state index contributed by atoms with van der Waals surface area (Å²) in [6.45, 7) is 0. The molecule has 0 N–H and O–H groups in total. The van der Waals surface area contributed by atoms with Crippen molar-refractivity contribution in [3.05, 3.63) is 41.5 Å². The second-order valence-electron chi connectivity index (χ2n) is 2.92. The number of rotatable bonds is 2. The van der Waals surface area contributed by atoms with Crippen LogP contribution >= 0.6 is 0 Å². The maximum absolute atomic E-state index is 13.4. The second-order valence-corrected chi connectivity index (χ2v) is 2.92. The summed E-state index contributed by atoms with van der Waals surface area (Å²) < 4.78 is 61.9. The second kappa shape index (κ2) is 4.94. The molecule has 2 nitrogen and oxygen atoms in total. The van der Waals surface area contributed by atoms with Crippen molar-refractivity contribution >= 4 is 11.8 Å². The topological polar surface area (TPSA) is 26.3 Å². The molecule has 0 spiro atoms. The van der Waals surface area contributed by atoms with Crippen molar-refractivity contribution in [1.82, 2.24) is 0 Å². The zero-order valence-electron chi connectivity index (χ0n) is 8.09. The molecule has 0 aromatic heterocycles. The van der Waals surface area contributed by atoms with E-state index in [4.69, 9.17) is 0 Å². The van der Waals surface area contributed by atoms with E-state index in [1.807, 2.05) is 0 Å². The molecule has 0 heterocycles. The van der Waals surface area contributed by atoms with Crippen molar-refractivity contribution in [2.75, 3.05) is 0 Å². The summed E-state index contributed by atoms with van der Waals surface area (Å²) in [5.41, 5.74) is -2.81. The highest BCUT2D eigenvalue weighted by Gasteiger charge is 2.44. The fourth-order valence-electron chi connectivity index (χ4n) is 1.10. The molecule has 1 aromatic rings. The van der Waals surface area contributed by atoms with Crippen LogP contribution in [0.2, 0.25) is 0 Å². The molecule has 0 saturated heterocycles. The van der Waals surface area contributed by atoms with Crippen LogP contribution in [0.3, 0.4) is 0 Å². The zero-order valence-corrected chi connectivity index (χ0v) is 8.09. The van der Waals surface area contributed by atoms with E-state index in [9.17, 15) is 26.9 Å². The molecule has 0 aliphatic heterocycles.